The van der Waals surface area contributed by atoms with Gasteiger partial charge in [0.05, 0.1) is 0 Å². The minimum absolute atomic E-state index is 0.109. The molecule has 4 aromatic rings. The zero-order valence-corrected chi connectivity index (χ0v) is 19.6. The fraction of sp³-hybridized carbons (Fsp3) is 0.179. The van der Waals surface area contributed by atoms with Crippen molar-refractivity contribution in [2.75, 3.05) is 25.0 Å². The van der Waals surface area contributed by atoms with Crippen molar-refractivity contribution >= 4 is 17.4 Å². The van der Waals surface area contributed by atoms with Crippen molar-refractivity contribution < 1.29 is 9.18 Å². The number of nitrogens with one attached hydrogen (secondary N) is 2. The molecule has 6 nitrogen and oxygen atoms in total. The highest BCUT2D eigenvalue weighted by Gasteiger charge is 2.09. The molecule has 0 fully saturated rings. The van der Waals surface area contributed by atoms with Crippen LogP contribution in [0.15, 0.2) is 91.1 Å². The van der Waals surface area contributed by atoms with Crippen molar-refractivity contribution in [3.63, 3.8) is 0 Å². The minimum atomic E-state index is -0.336. The second kappa shape index (κ2) is 11.9. The summed E-state index contributed by atoms with van der Waals surface area (Å²) in [6.45, 7) is 5.24. The third-order valence-corrected chi connectivity index (χ3v) is 5.57. The van der Waals surface area contributed by atoms with Gasteiger partial charge in [0, 0.05) is 42.6 Å². The Labute approximate surface area is 204 Å². The molecule has 0 radical (unpaired) electrons. The first-order valence-electron chi connectivity index (χ1n) is 11.6. The van der Waals surface area contributed by atoms with E-state index in [1.54, 1.807) is 36.5 Å². The van der Waals surface area contributed by atoms with Crippen molar-refractivity contribution in [1.82, 2.24) is 20.2 Å². The van der Waals surface area contributed by atoms with E-state index in [1.165, 1.54) is 17.7 Å². The van der Waals surface area contributed by atoms with Crippen LogP contribution in [0.1, 0.15) is 22.8 Å². The SMILES string of the molecule is CCN(CCNC(=O)c1ccc(Nc2ccnc(-c3cccc(F)c3)n2)cc1)Cc1ccccc1. The molecule has 1 heterocycles. The molecule has 0 unspecified atom stereocenters. The van der Waals surface area contributed by atoms with Crippen LogP contribution in [0.4, 0.5) is 15.9 Å². The van der Waals surface area contributed by atoms with E-state index in [9.17, 15) is 9.18 Å². The van der Waals surface area contributed by atoms with Crippen LogP contribution >= 0.6 is 0 Å². The summed E-state index contributed by atoms with van der Waals surface area (Å²) in [6, 6.07) is 25.4. The van der Waals surface area contributed by atoms with Gasteiger partial charge < -0.3 is 10.6 Å². The predicted octanol–water partition coefficient (Wildman–Crippen LogP) is 5.28. The number of benzene rings is 3. The normalized spacial score (nSPS) is 10.8. The first kappa shape index (κ1) is 24.0. The third kappa shape index (κ3) is 6.94. The second-order valence-electron chi connectivity index (χ2n) is 8.09. The largest absolute Gasteiger partial charge is 0.351 e. The Morgan fingerprint density at radius 3 is 2.51 bits per heavy atom. The molecule has 4 rings (SSSR count). The number of hydrogen-bond acceptors (Lipinski definition) is 5. The lowest BCUT2D eigenvalue weighted by Crippen LogP contribution is -2.34. The zero-order valence-electron chi connectivity index (χ0n) is 19.6. The van der Waals surface area contributed by atoms with E-state index < -0.39 is 0 Å². The molecule has 7 heteroatoms. The molecule has 1 aromatic heterocycles. The number of rotatable bonds is 10. The predicted molar refractivity (Wildman–Crippen MR) is 137 cm³/mol. The molecular weight excluding hydrogens is 441 g/mol. The maximum atomic E-state index is 13.5. The summed E-state index contributed by atoms with van der Waals surface area (Å²) >= 11 is 0. The number of amides is 1. The highest BCUT2D eigenvalue weighted by molar-refractivity contribution is 5.94. The second-order valence-corrected chi connectivity index (χ2v) is 8.09. The first-order chi connectivity index (χ1) is 17.1. The van der Waals surface area contributed by atoms with Crippen LogP contribution in [0.3, 0.4) is 0 Å². The molecule has 0 aliphatic rings. The van der Waals surface area contributed by atoms with Gasteiger partial charge in [-0.2, -0.15) is 0 Å². The fourth-order valence-electron chi connectivity index (χ4n) is 3.67. The highest BCUT2D eigenvalue weighted by atomic mass is 19.1. The van der Waals surface area contributed by atoms with Gasteiger partial charge in [-0.05, 0) is 54.6 Å². The lowest BCUT2D eigenvalue weighted by atomic mass is 10.2. The van der Waals surface area contributed by atoms with Gasteiger partial charge in [0.1, 0.15) is 11.6 Å². The van der Waals surface area contributed by atoms with Crippen LogP contribution in [0.25, 0.3) is 11.4 Å². The Bertz CT molecular complexity index is 1250. The Morgan fingerprint density at radius 1 is 0.971 bits per heavy atom. The molecule has 0 spiro atoms. The van der Waals surface area contributed by atoms with Crippen LogP contribution in [-0.2, 0) is 6.54 Å². The van der Waals surface area contributed by atoms with E-state index in [2.05, 4.69) is 44.6 Å². The topological polar surface area (TPSA) is 70.2 Å². The first-order valence-corrected chi connectivity index (χ1v) is 11.6. The molecule has 2 N–H and O–H groups in total. The van der Waals surface area contributed by atoms with Crippen molar-refractivity contribution in [2.24, 2.45) is 0 Å². The van der Waals surface area contributed by atoms with Crippen molar-refractivity contribution in [1.29, 1.82) is 0 Å². The smallest absolute Gasteiger partial charge is 0.251 e. The van der Waals surface area contributed by atoms with Gasteiger partial charge in [-0.1, -0.05) is 49.4 Å². The molecule has 0 saturated heterocycles. The van der Waals surface area contributed by atoms with Gasteiger partial charge in [0.15, 0.2) is 5.82 Å². The van der Waals surface area contributed by atoms with Crippen molar-refractivity contribution in [3.8, 4) is 11.4 Å². The summed E-state index contributed by atoms with van der Waals surface area (Å²) in [7, 11) is 0. The van der Waals surface area contributed by atoms with Gasteiger partial charge in [0.25, 0.3) is 5.91 Å². The van der Waals surface area contributed by atoms with E-state index in [-0.39, 0.29) is 11.7 Å². The Kier molecular flexibility index (Phi) is 8.14. The fourth-order valence-corrected chi connectivity index (χ4v) is 3.67. The lowest BCUT2D eigenvalue weighted by Gasteiger charge is -2.20. The van der Waals surface area contributed by atoms with E-state index in [4.69, 9.17) is 0 Å². The Balaban J connectivity index is 1.30. The Morgan fingerprint density at radius 2 is 1.77 bits per heavy atom. The van der Waals surface area contributed by atoms with E-state index >= 15 is 0 Å². The number of nitrogens with zero attached hydrogens (tertiary/aromatic N) is 3. The van der Waals surface area contributed by atoms with Gasteiger partial charge in [-0.15, -0.1) is 0 Å². The number of carbonyl (C=O) groups is 1. The van der Waals surface area contributed by atoms with Crippen LogP contribution in [0.2, 0.25) is 0 Å². The summed E-state index contributed by atoms with van der Waals surface area (Å²) in [4.78, 5) is 23.5. The third-order valence-electron chi connectivity index (χ3n) is 5.57. The molecule has 0 saturated carbocycles. The molecular formula is C28H28FN5O. The quantitative estimate of drug-likeness (QED) is 0.331. The Hall–Kier alpha value is -4.10. The average molecular weight is 470 g/mol. The molecule has 1 amide bonds. The van der Waals surface area contributed by atoms with Crippen molar-refractivity contribution in [2.45, 2.75) is 13.5 Å². The number of aromatic nitrogens is 2. The highest BCUT2D eigenvalue weighted by Crippen LogP contribution is 2.20. The van der Waals surface area contributed by atoms with Crippen molar-refractivity contribution in [3.05, 3.63) is 108 Å². The van der Waals surface area contributed by atoms with E-state index in [1.807, 2.05) is 30.3 Å². The standard InChI is InChI=1S/C28H28FN5O/c1-2-34(20-21-7-4-3-5-8-21)18-17-31-28(35)22-11-13-25(14-12-22)32-26-15-16-30-27(33-26)23-9-6-10-24(29)19-23/h3-16,19H,2,17-18,20H2,1H3,(H,31,35)(H,30,32,33). The number of halogens is 1. The van der Waals surface area contributed by atoms with Crippen LogP contribution in [0.5, 0.6) is 0 Å². The molecule has 0 aliphatic carbocycles. The van der Waals surface area contributed by atoms with Gasteiger partial charge in [-0.25, -0.2) is 14.4 Å². The lowest BCUT2D eigenvalue weighted by molar-refractivity contribution is 0.0948. The molecule has 0 bridgehead atoms. The minimum Gasteiger partial charge on any atom is -0.351 e. The van der Waals surface area contributed by atoms with E-state index in [0.717, 1.165) is 25.3 Å². The molecule has 3 aromatic carbocycles. The maximum absolute atomic E-state index is 13.5. The summed E-state index contributed by atoms with van der Waals surface area (Å²) in [5.41, 5.74) is 3.23. The average Bonchev–Trinajstić information content (AvgIpc) is 2.89. The van der Waals surface area contributed by atoms with Gasteiger partial charge >= 0.3 is 0 Å². The number of carbonyl (C=O) groups excluding carboxylic acids is 1. The van der Waals surface area contributed by atoms with Gasteiger partial charge in [0.2, 0.25) is 0 Å². The van der Waals surface area contributed by atoms with Crippen LogP contribution in [0, 0.1) is 5.82 Å². The number of hydrogen-bond donors (Lipinski definition) is 2. The van der Waals surface area contributed by atoms with E-state index in [0.29, 0.717) is 29.3 Å². The van der Waals surface area contributed by atoms with Gasteiger partial charge in [-0.3, -0.25) is 9.69 Å². The monoisotopic (exact) mass is 469 g/mol. The summed E-state index contributed by atoms with van der Waals surface area (Å²) in [5, 5.41) is 6.20. The molecule has 35 heavy (non-hydrogen) atoms. The summed E-state index contributed by atoms with van der Waals surface area (Å²) in [5.74, 6) is 0.563. The van der Waals surface area contributed by atoms with Crippen LogP contribution < -0.4 is 10.6 Å². The molecule has 178 valence electrons. The number of anilines is 2. The van der Waals surface area contributed by atoms with Crippen LogP contribution in [-0.4, -0.2) is 40.4 Å². The molecule has 0 aliphatic heterocycles. The summed E-state index contributed by atoms with van der Waals surface area (Å²) < 4.78 is 13.5. The summed E-state index contributed by atoms with van der Waals surface area (Å²) in [6.07, 6.45) is 1.62. The maximum Gasteiger partial charge on any atom is 0.251 e. The number of likely N-dealkylation sites (N-methyl/N-ethyl adjacent to an activating group) is 1. The zero-order chi connectivity index (χ0) is 24.5. The molecule has 0 atom stereocenters.